The Morgan fingerprint density at radius 2 is 0.889 bits per heavy atom. The zero-order valence-corrected chi connectivity index (χ0v) is 44.4. The molecule has 72 heavy (non-hydrogen) atoms. The molecular formula is C58H100O14. The van der Waals surface area contributed by atoms with Gasteiger partial charge in [-0.2, -0.15) is 0 Å². The number of carbonyl (C=O) groups excluding carboxylic acids is 1. The van der Waals surface area contributed by atoms with Crippen LogP contribution in [0.3, 0.4) is 0 Å². The van der Waals surface area contributed by atoms with Crippen LogP contribution in [0.15, 0.2) is 72.9 Å². The standard InChI is InChI=1S/C58H100O14/c1-3-5-7-9-11-13-15-17-19-21-23-24-26-28-30-32-34-36-38-40-42-67-44-47(70-50(60)41-39-37-35-33-31-29-27-25-22-20-18-16-14-12-10-8-6-4-2)45-68-57-56(66)54(64)52(62)49(72-57)46-69-58-55(65)53(63)51(61)48(43-59)71-58/h5,7,11,13,17,19,23-24,28,30,34,36,47-49,51-59,61-66H,3-4,6,8-10,12,14-16,18,20-22,25-27,29,31-33,35,37-46H2,1-2H3/b7-5-,13-11-,19-17-,24-23-,30-28-,36-34-. The first-order valence-electron chi connectivity index (χ1n) is 28.0. The second-order valence-corrected chi connectivity index (χ2v) is 19.4. The van der Waals surface area contributed by atoms with Gasteiger partial charge in [0.15, 0.2) is 12.6 Å². The summed E-state index contributed by atoms with van der Waals surface area (Å²) in [7, 11) is 0. The summed E-state index contributed by atoms with van der Waals surface area (Å²) in [5.41, 5.74) is 0. The number of aliphatic hydroxyl groups is 7. The smallest absolute Gasteiger partial charge is 0.306 e. The largest absolute Gasteiger partial charge is 0.457 e. The van der Waals surface area contributed by atoms with Crippen molar-refractivity contribution in [3.63, 3.8) is 0 Å². The molecule has 2 fully saturated rings. The first kappa shape index (κ1) is 65.5. The van der Waals surface area contributed by atoms with Gasteiger partial charge < -0.3 is 64.2 Å². The van der Waals surface area contributed by atoms with Gasteiger partial charge in [-0.3, -0.25) is 4.79 Å². The van der Waals surface area contributed by atoms with Gasteiger partial charge in [0.2, 0.25) is 0 Å². The van der Waals surface area contributed by atoms with Crippen LogP contribution in [0.4, 0.5) is 0 Å². The lowest BCUT2D eigenvalue weighted by molar-refractivity contribution is -0.332. The monoisotopic (exact) mass is 1020 g/mol. The van der Waals surface area contributed by atoms with Gasteiger partial charge in [0.25, 0.3) is 0 Å². The molecule has 0 bridgehead atoms. The highest BCUT2D eigenvalue weighted by Gasteiger charge is 2.47. The van der Waals surface area contributed by atoms with Crippen LogP contribution >= 0.6 is 0 Å². The number of rotatable bonds is 44. The van der Waals surface area contributed by atoms with Crippen LogP contribution in [0.1, 0.15) is 187 Å². The summed E-state index contributed by atoms with van der Waals surface area (Å²) < 4.78 is 34.3. The van der Waals surface area contributed by atoms with Crippen LogP contribution in [0.5, 0.6) is 0 Å². The lowest BCUT2D eigenvalue weighted by Gasteiger charge is -2.42. The summed E-state index contributed by atoms with van der Waals surface area (Å²) in [5, 5.41) is 72.3. The molecule has 14 heteroatoms. The number of allylic oxidation sites excluding steroid dienone is 12. The molecule has 0 saturated carbocycles. The number of esters is 1. The molecule has 0 radical (unpaired) electrons. The van der Waals surface area contributed by atoms with E-state index in [2.05, 4.69) is 86.8 Å². The van der Waals surface area contributed by atoms with Crippen molar-refractivity contribution in [2.45, 2.75) is 255 Å². The van der Waals surface area contributed by atoms with Gasteiger partial charge in [0, 0.05) is 13.0 Å². The molecule has 0 aromatic rings. The molecule has 0 spiro atoms. The zero-order valence-electron chi connectivity index (χ0n) is 44.4. The van der Waals surface area contributed by atoms with Crippen molar-refractivity contribution in [2.24, 2.45) is 0 Å². The summed E-state index contributed by atoms with van der Waals surface area (Å²) in [6.07, 6.45) is 39.7. The van der Waals surface area contributed by atoms with Gasteiger partial charge in [-0.15, -0.1) is 0 Å². The topological polar surface area (TPSA) is 214 Å². The Morgan fingerprint density at radius 3 is 1.36 bits per heavy atom. The van der Waals surface area contributed by atoms with E-state index < -0.39 is 86.7 Å². The van der Waals surface area contributed by atoms with Gasteiger partial charge in [-0.25, -0.2) is 0 Å². The summed E-state index contributed by atoms with van der Waals surface area (Å²) in [6, 6.07) is 0. The molecule has 0 aromatic heterocycles. The Morgan fingerprint density at radius 1 is 0.472 bits per heavy atom. The third kappa shape index (κ3) is 31.3. The number of hydrogen-bond acceptors (Lipinski definition) is 14. The Bertz CT molecular complexity index is 1460. The molecule has 416 valence electrons. The molecular weight excluding hydrogens is 921 g/mol. The molecule has 14 nitrogen and oxygen atoms in total. The molecule has 11 atom stereocenters. The highest BCUT2D eigenvalue weighted by Crippen LogP contribution is 2.26. The van der Waals surface area contributed by atoms with Crippen molar-refractivity contribution >= 4 is 5.97 Å². The van der Waals surface area contributed by atoms with Crippen LogP contribution in [-0.2, 0) is 33.2 Å². The fraction of sp³-hybridized carbons (Fsp3) is 0.776. The molecule has 2 saturated heterocycles. The molecule has 2 aliphatic heterocycles. The van der Waals surface area contributed by atoms with Crippen LogP contribution in [0, 0.1) is 0 Å². The van der Waals surface area contributed by atoms with E-state index in [0.29, 0.717) is 13.0 Å². The summed E-state index contributed by atoms with van der Waals surface area (Å²) in [4.78, 5) is 13.1. The first-order chi connectivity index (χ1) is 35.1. The van der Waals surface area contributed by atoms with E-state index in [-0.39, 0.29) is 19.6 Å². The maximum absolute atomic E-state index is 13.1. The second-order valence-electron chi connectivity index (χ2n) is 19.4. The fourth-order valence-corrected chi connectivity index (χ4v) is 8.48. The minimum atomic E-state index is -1.72. The van der Waals surface area contributed by atoms with Crippen molar-refractivity contribution in [1.29, 1.82) is 0 Å². The number of hydrogen-bond donors (Lipinski definition) is 7. The van der Waals surface area contributed by atoms with Gasteiger partial charge in [-0.05, 0) is 57.8 Å². The second kappa shape index (κ2) is 44.7. The quantitative estimate of drug-likeness (QED) is 0.0172. The number of aliphatic hydroxyl groups excluding tert-OH is 7. The van der Waals surface area contributed by atoms with E-state index >= 15 is 0 Å². The third-order valence-electron chi connectivity index (χ3n) is 13.0. The van der Waals surface area contributed by atoms with Crippen molar-refractivity contribution in [2.75, 3.05) is 33.0 Å². The highest BCUT2D eigenvalue weighted by atomic mass is 16.7. The SMILES string of the molecule is CC/C=C\C/C=C\C/C=C\C/C=C\C/C=C\C/C=C\CCCOCC(COC1OC(COC2OC(CO)C(O)C(O)C2O)C(O)C(O)C1O)OC(=O)CCCCCCCCCCCCCCCCCCCC. The molecule has 0 aromatic carbocycles. The Hall–Kier alpha value is -2.57. The number of unbranched alkanes of at least 4 members (excludes halogenated alkanes) is 18. The molecule has 0 amide bonds. The molecule has 0 aliphatic carbocycles. The molecule has 11 unspecified atom stereocenters. The van der Waals surface area contributed by atoms with Crippen LogP contribution < -0.4 is 0 Å². The minimum absolute atomic E-state index is 0.0201. The maximum atomic E-state index is 13.1. The normalized spacial score (nSPS) is 25.7. The average Bonchev–Trinajstić information content (AvgIpc) is 3.38. The van der Waals surface area contributed by atoms with E-state index in [0.717, 1.165) is 70.6 Å². The van der Waals surface area contributed by atoms with Crippen molar-refractivity contribution in [3.05, 3.63) is 72.9 Å². The van der Waals surface area contributed by atoms with E-state index in [1.807, 2.05) is 0 Å². The predicted molar refractivity (Wildman–Crippen MR) is 284 cm³/mol. The Kier molecular flexibility index (Phi) is 40.7. The van der Waals surface area contributed by atoms with E-state index in [1.165, 1.54) is 89.9 Å². The van der Waals surface area contributed by atoms with E-state index in [1.54, 1.807) is 0 Å². The molecule has 2 aliphatic rings. The summed E-state index contributed by atoms with van der Waals surface area (Å²) in [6.45, 7) is 3.43. The average molecular weight is 1020 g/mol. The zero-order chi connectivity index (χ0) is 52.3. The van der Waals surface area contributed by atoms with Crippen molar-refractivity contribution in [3.8, 4) is 0 Å². The predicted octanol–water partition coefficient (Wildman–Crippen LogP) is 9.47. The third-order valence-corrected chi connectivity index (χ3v) is 13.0. The first-order valence-corrected chi connectivity index (χ1v) is 28.0. The minimum Gasteiger partial charge on any atom is -0.457 e. The van der Waals surface area contributed by atoms with Crippen molar-refractivity contribution in [1.82, 2.24) is 0 Å². The summed E-state index contributed by atoms with van der Waals surface area (Å²) >= 11 is 0. The van der Waals surface area contributed by atoms with Gasteiger partial charge in [-0.1, -0.05) is 196 Å². The highest BCUT2D eigenvalue weighted by molar-refractivity contribution is 5.69. The van der Waals surface area contributed by atoms with Crippen LogP contribution in [0.25, 0.3) is 0 Å². The van der Waals surface area contributed by atoms with Crippen molar-refractivity contribution < 1.29 is 69.0 Å². The molecule has 2 heterocycles. The Labute approximate surface area is 434 Å². The number of carbonyl (C=O) groups is 1. The fourth-order valence-electron chi connectivity index (χ4n) is 8.48. The molecule has 2 rings (SSSR count). The lowest BCUT2D eigenvalue weighted by atomic mass is 9.98. The van der Waals surface area contributed by atoms with Gasteiger partial charge in [0.05, 0.1) is 26.4 Å². The number of ether oxygens (including phenoxy) is 6. The van der Waals surface area contributed by atoms with Crippen LogP contribution in [-0.4, -0.2) is 142 Å². The van der Waals surface area contributed by atoms with Gasteiger partial charge in [0.1, 0.15) is 54.9 Å². The van der Waals surface area contributed by atoms with Gasteiger partial charge >= 0.3 is 5.97 Å². The maximum Gasteiger partial charge on any atom is 0.306 e. The van der Waals surface area contributed by atoms with E-state index in [9.17, 15) is 40.5 Å². The van der Waals surface area contributed by atoms with Crippen LogP contribution in [0.2, 0.25) is 0 Å². The molecule has 7 N–H and O–H groups in total. The van der Waals surface area contributed by atoms with E-state index in [4.69, 9.17) is 28.4 Å². The summed E-state index contributed by atoms with van der Waals surface area (Å²) in [5.74, 6) is -0.395. The Balaban J connectivity index is 1.77. The lowest BCUT2D eigenvalue weighted by Crippen LogP contribution is -2.61.